The molecule has 1 aromatic rings. The standard InChI is InChI=1S/C14H21NO/c1-14(2,3)15-8-7-11-5-6-13(16-4)9-12(11)10-15/h5-6,9H,7-8,10H2,1-4H3. The van der Waals surface area contributed by atoms with Crippen molar-refractivity contribution in [2.45, 2.75) is 39.3 Å². The molecule has 0 radical (unpaired) electrons. The molecule has 88 valence electrons. The fourth-order valence-corrected chi connectivity index (χ4v) is 2.23. The fourth-order valence-electron chi connectivity index (χ4n) is 2.23. The zero-order valence-electron chi connectivity index (χ0n) is 10.7. The minimum Gasteiger partial charge on any atom is -0.497 e. The van der Waals surface area contributed by atoms with E-state index in [1.807, 2.05) is 0 Å². The van der Waals surface area contributed by atoms with Gasteiger partial charge in [-0.1, -0.05) is 6.07 Å². The molecule has 0 aromatic heterocycles. The largest absolute Gasteiger partial charge is 0.497 e. The molecule has 0 amide bonds. The SMILES string of the molecule is COc1ccc2c(c1)CN(C(C)(C)C)CC2. The van der Waals surface area contributed by atoms with E-state index in [1.165, 1.54) is 11.1 Å². The van der Waals surface area contributed by atoms with E-state index in [0.717, 1.165) is 25.3 Å². The predicted molar refractivity (Wildman–Crippen MR) is 66.9 cm³/mol. The average molecular weight is 219 g/mol. The lowest BCUT2D eigenvalue weighted by atomic mass is 9.95. The normalized spacial score (nSPS) is 17.0. The zero-order valence-corrected chi connectivity index (χ0v) is 10.7. The summed E-state index contributed by atoms with van der Waals surface area (Å²) in [6.45, 7) is 9.02. The molecule has 0 spiro atoms. The van der Waals surface area contributed by atoms with Gasteiger partial charge in [0.15, 0.2) is 0 Å². The number of hydrogen-bond donors (Lipinski definition) is 0. The van der Waals surface area contributed by atoms with Crippen LogP contribution in [0.2, 0.25) is 0 Å². The van der Waals surface area contributed by atoms with Gasteiger partial charge < -0.3 is 4.74 Å². The molecular formula is C14H21NO. The minimum atomic E-state index is 0.251. The van der Waals surface area contributed by atoms with Crippen LogP contribution in [0.3, 0.4) is 0 Å². The second-order valence-electron chi connectivity index (χ2n) is 5.48. The van der Waals surface area contributed by atoms with Gasteiger partial charge in [-0.05, 0) is 50.5 Å². The first kappa shape index (κ1) is 11.5. The Morgan fingerprint density at radius 2 is 1.94 bits per heavy atom. The highest BCUT2D eigenvalue weighted by Crippen LogP contribution is 2.27. The number of benzene rings is 1. The Labute approximate surface area is 98.2 Å². The Kier molecular flexibility index (Phi) is 2.94. The summed E-state index contributed by atoms with van der Waals surface area (Å²) >= 11 is 0. The van der Waals surface area contributed by atoms with Crippen LogP contribution < -0.4 is 4.74 Å². The van der Waals surface area contributed by atoms with Crippen LogP contribution in [0.15, 0.2) is 18.2 Å². The molecule has 0 fully saturated rings. The molecule has 0 bridgehead atoms. The van der Waals surface area contributed by atoms with Gasteiger partial charge in [-0.2, -0.15) is 0 Å². The van der Waals surface area contributed by atoms with Gasteiger partial charge in [0.1, 0.15) is 5.75 Å². The summed E-state index contributed by atoms with van der Waals surface area (Å²) < 4.78 is 5.28. The van der Waals surface area contributed by atoms with Crippen molar-refractivity contribution in [2.75, 3.05) is 13.7 Å². The maximum absolute atomic E-state index is 5.28. The first-order valence-corrected chi connectivity index (χ1v) is 5.91. The van der Waals surface area contributed by atoms with Crippen LogP contribution in [0.1, 0.15) is 31.9 Å². The van der Waals surface area contributed by atoms with Gasteiger partial charge in [0.25, 0.3) is 0 Å². The summed E-state index contributed by atoms with van der Waals surface area (Å²) in [5, 5.41) is 0. The van der Waals surface area contributed by atoms with Crippen LogP contribution in [0, 0.1) is 0 Å². The van der Waals surface area contributed by atoms with E-state index >= 15 is 0 Å². The van der Waals surface area contributed by atoms with Crippen LogP contribution >= 0.6 is 0 Å². The number of fused-ring (bicyclic) bond motifs is 1. The van der Waals surface area contributed by atoms with Gasteiger partial charge in [-0.25, -0.2) is 0 Å². The molecule has 1 aliphatic rings. The van der Waals surface area contributed by atoms with Gasteiger partial charge >= 0.3 is 0 Å². The second kappa shape index (κ2) is 4.10. The van der Waals surface area contributed by atoms with Crippen molar-refractivity contribution in [1.82, 2.24) is 4.90 Å². The van der Waals surface area contributed by atoms with Gasteiger partial charge in [0.05, 0.1) is 7.11 Å². The van der Waals surface area contributed by atoms with Crippen LogP contribution in [0.4, 0.5) is 0 Å². The lowest BCUT2D eigenvalue weighted by molar-refractivity contribution is 0.120. The molecule has 0 N–H and O–H groups in total. The second-order valence-corrected chi connectivity index (χ2v) is 5.48. The minimum absolute atomic E-state index is 0.251. The van der Waals surface area contributed by atoms with Crippen molar-refractivity contribution in [2.24, 2.45) is 0 Å². The molecule has 2 nitrogen and oxygen atoms in total. The zero-order chi connectivity index (χ0) is 11.8. The van der Waals surface area contributed by atoms with Gasteiger partial charge in [0.2, 0.25) is 0 Å². The van der Waals surface area contributed by atoms with Crippen molar-refractivity contribution in [3.05, 3.63) is 29.3 Å². The number of rotatable bonds is 1. The smallest absolute Gasteiger partial charge is 0.119 e. The highest BCUT2D eigenvalue weighted by molar-refractivity contribution is 5.37. The first-order valence-electron chi connectivity index (χ1n) is 5.91. The average Bonchev–Trinajstić information content (AvgIpc) is 2.26. The van der Waals surface area contributed by atoms with Crippen molar-refractivity contribution in [1.29, 1.82) is 0 Å². The number of methoxy groups -OCH3 is 1. The molecule has 0 saturated carbocycles. The molecular weight excluding hydrogens is 198 g/mol. The predicted octanol–water partition coefficient (Wildman–Crippen LogP) is 2.85. The maximum Gasteiger partial charge on any atom is 0.119 e. The van der Waals surface area contributed by atoms with Crippen molar-refractivity contribution in [3.8, 4) is 5.75 Å². The third-order valence-electron chi connectivity index (χ3n) is 3.37. The molecule has 0 saturated heterocycles. The van der Waals surface area contributed by atoms with Gasteiger partial charge in [-0.3, -0.25) is 4.90 Å². The quantitative estimate of drug-likeness (QED) is 0.720. The highest BCUT2D eigenvalue weighted by Gasteiger charge is 2.25. The van der Waals surface area contributed by atoms with E-state index in [1.54, 1.807) is 7.11 Å². The lowest BCUT2D eigenvalue weighted by Gasteiger charge is -2.39. The lowest BCUT2D eigenvalue weighted by Crippen LogP contribution is -2.44. The summed E-state index contributed by atoms with van der Waals surface area (Å²) in [4.78, 5) is 2.52. The van der Waals surface area contributed by atoms with Crippen LogP contribution in [-0.2, 0) is 13.0 Å². The van der Waals surface area contributed by atoms with Crippen LogP contribution in [0.5, 0.6) is 5.75 Å². The number of ether oxygens (including phenoxy) is 1. The summed E-state index contributed by atoms with van der Waals surface area (Å²) in [6.07, 6.45) is 1.15. The molecule has 1 heterocycles. The Morgan fingerprint density at radius 3 is 2.56 bits per heavy atom. The van der Waals surface area contributed by atoms with Crippen molar-refractivity contribution < 1.29 is 4.74 Å². The Morgan fingerprint density at radius 1 is 1.19 bits per heavy atom. The summed E-state index contributed by atoms with van der Waals surface area (Å²) in [5.41, 5.74) is 3.14. The Balaban J connectivity index is 2.25. The summed E-state index contributed by atoms with van der Waals surface area (Å²) in [5.74, 6) is 0.967. The highest BCUT2D eigenvalue weighted by atomic mass is 16.5. The van der Waals surface area contributed by atoms with Crippen molar-refractivity contribution in [3.63, 3.8) is 0 Å². The first-order chi connectivity index (χ1) is 7.50. The Bertz CT molecular complexity index is 379. The number of hydrogen-bond acceptors (Lipinski definition) is 2. The molecule has 2 rings (SSSR count). The van der Waals surface area contributed by atoms with Crippen LogP contribution in [-0.4, -0.2) is 24.1 Å². The number of nitrogens with zero attached hydrogens (tertiary/aromatic N) is 1. The van der Waals surface area contributed by atoms with E-state index in [0.29, 0.717) is 0 Å². The third-order valence-corrected chi connectivity index (χ3v) is 3.37. The summed E-state index contributed by atoms with van der Waals surface area (Å²) in [7, 11) is 1.73. The van der Waals surface area contributed by atoms with E-state index in [4.69, 9.17) is 4.74 Å². The van der Waals surface area contributed by atoms with E-state index in [2.05, 4.69) is 43.9 Å². The topological polar surface area (TPSA) is 12.5 Å². The maximum atomic E-state index is 5.28. The molecule has 16 heavy (non-hydrogen) atoms. The van der Waals surface area contributed by atoms with Crippen molar-refractivity contribution >= 4 is 0 Å². The molecule has 0 atom stereocenters. The molecule has 1 aliphatic heterocycles. The van der Waals surface area contributed by atoms with Gasteiger partial charge in [0, 0.05) is 18.6 Å². The van der Waals surface area contributed by atoms with E-state index in [9.17, 15) is 0 Å². The third kappa shape index (κ3) is 2.22. The molecule has 1 aromatic carbocycles. The van der Waals surface area contributed by atoms with E-state index < -0.39 is 0 Å². The summed E-state index contributed by atoms with van der Waals surface area (Å²) in [6, 6.07) is 6.44. The van der Waals surface area contributed by atoms with E-state index in [-0.39, 0.29) is 5.54 Å². The fraction of sp³-hybridized carbons (Fsp3) is 0.571. The monoisotopic (exact) mass is 219 g/mol. The molecule has 0 aliphatic carbocycles. The molecule has 0 unspecified atom stereocenters. The van der Waals surface area contributed by atoms with Crippen LogP contribution in [0.25, 0.3) is 0 Å². The van der Waals surface area contributed by atoms with Gasteiger partial charge in [-0.15, -0.1) is 0 Å². The Hall–Kier alpha value is -1.02. The molecule has 2 heteroatoms.